The third kappa shape index (κ3) is 3.91. The van der Waals surface area contributed by atoms with Crippen molar-refractivity contribution in [2.45, 2.75) is 33.2 Å². The molecule has 2 aromatic heterocycles. The van der Waals surface area contributed by atoms with Crippen molar-refractivity contribution in [2.24, 2.45) is 0 Å². The number of aromatic nitrogens is 3. The summed E-state index contributed by atoms with van der Waals surface area (Å²) in [6.07, 6.45) is 1.76. The summed E-state index contributed by atoms with van der Waals surface area (Å²) >= 11 is 1.28. The number of aryl methyl sites for hydroxylation is 1. The van der Waals surface area contributed by atoms with Gasteiger partial charge in [-0.3, -0.25) is 14.3 Å². The Morgan fingerprint density at radius 2 is 2.27 bits per heavy atom. The molecule has 0 bridgehead atoms. The van der Waals surface area contributed by atoms with Crippen molar-refractivity contribution in [3.8, 4) is 0 Å². The summed E-state index contributed by atoms with van der Waals surface area (Å²) in [6.45, 7) is 5.75. The van der Waals surface area contributed by atoms with Gasteiger partial charge in [0.15, 0.2) is 5.13 Å². The van der Waals surface area contributed by atoms with Gasteiger partial charge in [0.2, 0.25) is 0 Å². The maximum atomic E-state index is 12.2. The molecule has 8 heteroatoms. The van der Waals surface area contributed by atoms with Gasteiger partial charge in [-0.15, -0.1) is 11.3 Å². The summed E-state index contributed by atoms with van der Waals surface area (Å²) in [7, 11) is 0. The fourth-order valence-electron chi connectivity index (χ4n) is 1.91. The monoisotopic (exact) mass is 322 g/mol. The lowest BCUT2D eigenvalue weighted by atomic mass is 10.3. The zero-order chi connectivity index (χ0) is 16.1. The number of nitrogens with one attached hydrogen (secondary N) is 1. The average molecular weight is 322 g/mol. The van der Waals surface area contributed by atoms with Crippen LogP contribution in [0.3, 0.4) is 0 Å². The molecule has 2 heterocycles. The number of anilines is 1. The van der Waals surface area contributed by atoms with E-state index in [0.717, 1.165) is 5.69 Å². The number of ether oxygens (including phenoxy) is 1. The van der Waals surface area contributed by atoms with E-state index >= 15 is 0 Å². The molecular weight excluding hydrogens is 304 g/mol. The molecule has 0 saturated carbocycles. The molecule has 1 atom stereocenters. The number of esters is 1. The van der Waals surface area contributed by atoms with Crippen LogP contribution in [0.5, 0.6) is 0 Å². The summed E-state index contributed by atoms with van der Waals surface area (Å²) in [5.41, 5.74) is 1.49. The lowest BCUT2D eigenvalue weighted by Crippen LogP contribution is -2.25. The van der Waals surface area contributed by atoms with E-state index in [2.05, 4.69) is 15.4 Å². The molecule has 0 aliphatic rings. The van der Waals surface area contributed by atoms with Crippen molar-refractivity contribution < 1.29 is 14.3 Å². The zero-order valence-corrected chi connectivity index (χ0v) is 13.5. The average Bonchev–Trinajstić information content (AvgIpc) is 3.07. The summed E-state index contributed by atoms with van der Waals surface area (Å²) in [4.78, 5) is 27.8. The van der Waals surface area contributed by atoms with Gasteiger partial charge in [-0.1, -0.05) is 0 Å². The van der Waals surface area contributed by atoms with Crippen molar-refractivity contribution in [1.82, 2.24) is 14.8 Å². The third-order valence-electron chi connectivity index (χ3n) is 3.03. The van der Waals surface area contributed by atoms with Crippen LogP contribution in [0.15, 0.2) is 17.6 Å². The number of carbonyl (C=O) groups is 2. The molecule has 0 radical (unpaired) electrons. The number of carbonyl (C=O) groups excluding carboxylic acids is 2. The zero-order valence-electron chi connectivity index (χ0n) is 12.7. The second-order valence-electron chi connectivity index (χ2n) is 4.71. The SMILES string of the molecule is CCOC(=O)Cc1csc(NC(=O)C(C)n2nccc2C)n1. The van der Waals surface area contributed by atoms with Gasteiger partial charge in [-0.2, -0.15) is 5.10 Å². The largest absolute Gasteiger partial charge is 0.466 e. The maximum absolute atomic E-state index is 12.2. The smallest absolute Gasteiger partial charge is 0.311 e. The van der Waals surface area contributed by atoms with Gasteiger partial charge >= 0.3 is 5.97 Å². The highest BCUT2D eigenvalue weighted by Crippen LogP contribution is 2.18. The first-order valence-electron chi connectivity index (χ1n) is 6.92. The predicted molar refractivity (Wildman–Crippen MR) is 82.8 cm³/mol. The van der Waals surface area contributed by atoms with Gasteiger partial charge in [-0.25, -0.2) is 4.98 Å². The molecular formula is C14H18N4O3S. The van der Waals surface area contributed by atoms with E-state index in [9.17, 15) is 9.59 Å². The number of thiazole rings is 1. The lowest BCUT2D eigenvalue weighted by molar-refractivity contribution is -0.142. The molecule has 0 saturated heterocycles. The standard InChI is InChI=1S/C14H18N4O3S/c1-4-21-12(19)7-11-8-22-14(16-11)17-13(20)10(3)18-9(2)5-6-15-18/h5-6,8,10H,4,7H2,1-3H3,(H,16,17,20). The van der Waals surface area contributed by atoms with Gasteiger partial charge < -0.3 is 10.1 Å². The third-order valence-corrected chi connectivity index (χ3v) is 3.83. The van der Waals surface area contributed by atoms with Gasteiger partial charge in [0.1, 0.15) is 6.04 Å². The van der Waals surface area contributed by atoms with Gasteiger partial charge in [0.05, 0.1) is 18.7 Å². The van der Waals surface area contributed by atoms with E-state index in [1.54, 1.807) is 30.1 Å². The fourth-order valence-corrected chi connectivity index (χ4v) is 2.63. The molecule has 1 amide bonds. The minimum absolute atomic E-state index is 0.105. The highest BCUT2D eigenvalue weighted by molar-refractivity contribution is 7.13. The Morgan fingerprint density at radius 3 is 2.91 bits per heavy atom. The highest BCUT2D eigenvalue weighted by Gasteiger charge is 2.18. The first-order valence-corrected chi connectivity index (χ1v) is 7.80. The Bertz CT molecular complexity index is 665. The minimum Gasteiger partial charge on any atom is -0.466 e. The van der Waals surface area contributed by atoms with Gasteiger partial charge in [-0.05, 0) is 26.8 Å². The van der Waals surface area contributed by atoms with E-state index in [1.807, 2.05) is 13.0 Å². The molecule has 22 heavy (non-hydrogen) atoms. The van der Waals surface area contributed by atoms with Gasteiger partial charge in [0, 0.05) is 17.3 Å². The summed E-state index contributed by atoms with van der Waals surface area (Å²) in [5, 5.41) is 9.05. The Labute approximate surface area is 132 Å². The van der Waals surface area contributed by atoms with E-state index in [4.69, 9.17) is 4.74 Å². The first-order chi connectivity index (χ1) is 10.5. The molecule has 0 aliphatic carbocycles. The molecule has 1 unspecified atom stereocenters. The maximum Gasteiger partial charge on any atom is 0.311 e. The van der Waals surface area contributed by atoms with E-state index in [-0.39, 0.29) is 18.3 Å². The topological polar surface area (TPSA) is 86.1 Å². The van der Waals surface area contributed by atoms with Crippen molar-refractivity contribution in [2.75, 3.05) is 11.9 Å². The van der Waals surface area contributed by atoms with Crippen LogP contribution in [-0.4, -0.2) is 33.2 Å². The number of hydrogen-bond acceptors (Lipinski definition) is 6. The van der Waals surface area contributed by atoms with Crippen LogP contribution in [0.1, 0.15) is 31.3 Å². The Hall–Kier alpha value is -2.22. The second-order valence-corrected chi connectivity index (χ2v) is 5.57. The predicted octanol–water partition coefficient (Wildman–Crippen LogP) is 1.95. The molecule has 1 N–H and O–H groups in total. The Morgan fingerprint density at radius 1 is 1.50 bits per heavy atom. The summed E-state index contributed by atoms with van der Waals surface area (Å²) in [5.74, 6) is -0.532. The minimum atomic E-state index is -0.438. The molecule has 2 aromatic rings. The first kappa shape index (κ1) is 16.2. The Balaban J connectivity index is 1.96. The number of amides is 1. The molecule has 0 spiro atoms. The van der Waals surface area contributed by atoms with Crippen LogP contribution >= 0.6 is 11.3 Å². The molecule has 0 aromatic carbocycles. The van der Waals surface area contributed by atoms with Crippen LogP contribution in [0.4, 0.5) is 5.13 Å². The summed E-state index contributed by atoms with van der Waals surface area (Å²) < 4.78 is 6.50. The number of nitrogens with zero attached hydrogens (tertiary/aromatic N) is 3. The van der Waals surface area contributed by atoms with E-state index in [1.165, 1.54) is 11.3 Å². The van der Waals surface area contributed by atoms with Crippen LogP contribution in [0, 0.1) is 6.92 Å². The van der Waals surface area contributed by atoms with Crippen molar-refractivity contribution in [3.63, 3.8) is 0 Å². The molecule has 2 rings (SSSR count). The van der Waals surface area contributed by atoms with E-state index in [0.29, 0.717) is 17.4 Å². The van der Waals surface area contributed by atoms with Crippen LogP contribution in [0.25, 0.3) is 0 Å². The van der Waals surface area contributed by atoms with Crippen LogP contribution in [-0.2, 0) is 20.7 Å². The normalized spacial score (nSPS) is 12.0. The number of hydrogen-bond donors (Lipinski definition) is 1. The summed E-state index contributed by atoms with van der Waals surface area (Å²) in [6, 6.07) is 1.40. The van der Waals surface area contributed by atoms with Crippen molar-refractivity contribution in [3.05, 3.63) is 29.0 Å². The van der Waals surface area contributed by atoms with E-state index < -0.39 is 6.04 Å². The molecule has 7 nitrogen and oxygen atoms in total. The second kappa shape index (κ2) is 7.17. The Kier molecular flexibility index (Phi) is 5.26. The van der Waals surface area contributed by atoms with Crippen molar-refractivity contribution >= 4 is 28.3 Å². The molecule has 0 fully saturated rings. The van der Waals surface area contributed by atoms with Gasteiger partial charge in [0.25, 0.3) is 5.91 Å². The quantitative estimate of drug-likeness (QED) is 0.822. The van der Waals surface area contributed by atoms with Crippen molar-refractivity contribution in [1.29, 1.82) is 0 Å². The fraction of sp³-hybridized carbons (Fsp3) is 0.429. The molecule has 118 valence electrons. The van der Waals surface area contributed by atoms with Crippen LogP contribution < -0.4 is 5.32 Å². The number of rotatable bonds is 6. The lowest BCUT2D eigenvalue weighted by Gasteiger charge is -2.12. The molecule has 0 aliphatic heterocycles. The van der Waals surface area contributed by atoms with Crippen LogP contribution in [0.2, 0.25) is 0 Å². The highest BCUT2D eigenvalue weighted by atomic mass is 32.1.